The number of hydrogen-bond donors (Lipinski definition) is 3. The maximum absolute atomic E-state index is 6.05. The third-order valence-electron chi connectivity index (χ3n) is 3.74. The molecule has 3 rings (SSSR count). The Bertz CT molecular complexity index is 947. The lowest BCUT2D eigenvalue weighted by molar-refractivity contribution is 0.416. The van der Waals surface area contributed by atoms with Crippen molar-refractivity contribution in [2.75, 3.05) is 23.5 Å². The molecule has 0 saturated heterocycles. The summed E-state index contributed by atoms with van der Waals surface area (Å²) in [4.78, 5) is 12.6. The van der Waals surface area contributed by atoms with Gasteiger partial charge in [-0.2, -0.15) is 15.0 Å². The lowest BCUT2D eigenvalue weighted by atomic mass is 10.2. The van der Waals surface area contributed by atoms with Crippen LogP contribution in [0.3, 0.4) is 0 Å². The molecule has 0 atom stereocenters. The number of hydrogen-bond acceptors (Lipinski definition) is 7. The van der Waals surface area contributed by atoms with Crippen LogP contribution in [-0.4, -0.2) is 22.1 Å². The van der Waals surface area contributed by atoms with E-state index in [-0.39, 0.29) is 5.28 Å². The van der Waals surface area contributed by atoms with Gasteiger partial charge < -0.3 is 21.1 Å². The molecule has 0 fully saturated rings. The Morgan fingerprint density at radius 1 is 0.962 bits per heavy atom. The first-order chi connectivity index (χ1) is 12.4. The number of nitrogens with two attached hydrogens (primary N) is 1. The lowest BCUT2D eigenvalue weighted by Gasteiger charge is -2.12. The molecule has 134 valence electrons. The molecule has 3 aromatic rings. The van der Waals surface area contributed by atoms with Crippen LogP contribution in [0.15, 0.2) is 36.4 Å². The summed E-state index contributed by atoms with van der Waals surface area (Å²) in [7, 11) is 1.60. The minimum Gasteiger partial charge on any atom is -0.495 e. The van der Waals surface area contributed by atoms with Crippen molar-refractivity contribution in [2.24, 2.45) is 0 Å². The van der Waals surface area contributed by atoms with Crippen LogP contribution >= 0.6 is 11.6 Å². The maximum atomic E-state index is 6.05. The van der Waals surface area contributed by atoms with E-state index in [4.69, 9.17) is 22.1 Å². The van der Waals surface area contributed by atoms with Gasteiger partial charge in [0.25, 0.3) is 0 Å². The van der Waals surface area contributed by atoms with E-state index in [9.17, 15) is 0 Å². The van der Waals surface area contributed by atoms with Gasteiger partial charge in [-0.1, -0.05) is 12.1 Å². The minimum absolute atomic E-state index is 0.0664. The van der Waals surface area contributed by atoms with Crippen LogP contribution in [0.2, 0.25) is 5.28 Å². The Kier molecular flexibility index (Phi) is 5.09. The first kappa shape index (κ1) is 17.8. The van der Waals surface area contributed by atoms with Crippen molar-refractivity contribution in [3.8, 4) is 5.75 Å². The van der Waals surface area contributed by atoms with Crippen LogP contribution in [0.25, 0.3) is 0 Å². The number of nitrogen functional groups attached to an aromatic ring is 1. The summed E-state index contributed by atoms with van der Waals surface area (Å²) in [5, 5.41) is 6.26. The largest absolute Gasteiger partial charge is 0.495 e. The molecule has 0 radical (unpaired) electrons. The summed E-state index contributed by atoms with van der Waals surface area (Å²) in [6.07, 6.45) is 0. The van der Waals surface area contributed by atoms with E-state index >= 15 is 0 Å². The second kappa shape index (κ2) is 7.45. The first-order valence-electron chi connectivity index (χ1n) is 7.91. The van der Waals surface area contributed by atoms with E-state index in [0.29, 0.717) is 23.3 Å². The molecule has 26 heavy (non-hydrogen) atoms. The van der Waals surface area contributed by atoms with Gasteiger partial charge in [-0.3, -0.25) is 0 Å². The SMILES string of the molecule is COc1ccc(C)cc1Nc1nc(Cl)nc(Nc2ccc(C)c(N)c2)n1. The number of methoxy groups -OCH3 is 1. The molecule has 1 aromatic heterocycles. The molecule has 0 spiro atoms. The number of ether oxygens (including phenoxy) is 1. The Hall–Kier alpha value is -3.06. The summed E-state index contributed by atoms with van der Waals surface area (Å²) in [6.45, 7) is 3.93. The second-order valence-electron chi connectivity index (χ2n) is 5.78. The zero-order valence-electron chi connectivity index (χ0n) is 14.7. The van der Waals surface area contributed by atoms with E-state index in [1.807, 2.05) is 50.2 Å². The predicted molar refractivity (Wildman–Crippen MR) is 105 cm³/mol. The molecule has 0 aliphatic heterocycles. The summed E-state index contributed by atoms with van der Waals surface area (Å²) in [5.41, 5.74) is 10.2. The molecule has 7 nitrogen and oxygen atoms in total. The number of nitrogens with zero attached hydrogens (tertiary/aromatic N) is 3. The van der Waals surface area contributed by atoms with Crippen molar-refractivity contribution in [3.63, 3.8) is 0 Å². The lowest BCUT2D eigenvalue weighted by Crippen LogP contribution is -2.05. The molecule has 0 saturated carbocycles. The van der Waals surface area contributed by atoms with Gasteiger partial charge in [0.05, 0.1) is 12.8 Å². The zero-order valence-corrected chi connectivity index (χ0v) is 15.4. The van der Waals surface area contributed by atoms with Gasteiger partial charge in [0.1, 0.15) is 5.75 Å². The average molecular weight is 371 g/mol. The Morgan fingerprint density at radius 2 is 1.69 bits per heavy atom. The molecular formula is C18H19ClN6O. The van der Waals surface area contributed by atoms with Gasteiger partial charge in [-0.05, 0) is 60.8 Å². The highest BCUT2D eigenvalue weighted by molar-refractivity contribution is 6.28. The van der Waals surface area contributed by atoms with Crippen molar-refractivity contribution in [1.82, 2.24) is 15.0 Å². The third kappa shape index (κ3) is 4.12. The number of rotatable bonds is 5. The fraction of sp³-hybridized carbons (Fsp3) is 0.167. The van der Waals surface area contributed by atoms with Crippen LogP contribution in [0.4, 0.5) is 29.0 Å². The Morgan fingerprint density at radius 3 is 2.38 bits per heavy atom. The highest BCUT2D eigenvalue weighted by atomic mass is 35.5. The zero-order chi connectivity index (χ0) is 18.7. The number of nitrogens with one attached hydrogen (secondary N) is 2. The first-order valence-corrected chi connectivity index (χ1v) is 8.29. The molecule has 0 amide bonds. The van der Waals surface area contributed by atoms with E-state index in [2.05, 4.69) is 25.6 Å². The monoisotopic (exact) mass is 370 g/mol. The number of benzene rings is 2. The quantitative estimate of drug-likeness (QED) is 0.578. The van der Waals surface area contributed by atoms with Crippen LogP contribution in [0.1, 0.15) is 11.1 Å². The molecule has 1 heterocycles. The van der Waals surface area contributed by atoms with Crippen molar-refractivity contribution in [1.29, 1.82) is 0 Å². The van der Waals surface area contributed by atoms with Crippen LogP contribution in [-0.2, 0) is 0 Å². The molecule has 4 N–H and O–H groups in total. The Labute approximate surface area is 156 Å². The summed E-state index contributed by atoms with van der Waals surface area (Å²) in [6, 6.07) is 11.4. The van der Waals surface area contributed by atoms with Gasteiger partial charge in [0, 0.05) is 11.4 Å². The normalized spacial score (nSPS) is 10.5. The standard InChI is InChI=1S/C18H19ClN6O/c1-10-4-7-15(26-3)14(8-10)22-18-24-16(19)23-17(25-18)21-12-6-5-11(2)13(20)9-12/h4-9H,20H2,1-3H3,(H2,21,22,23,24,25). The van der Waals surface area contributed by atoms with E-state index in [1.165, 1.54) is 0 Å². The third-order valence-corrected chi connectivity index (χ3v) is 3.91. The van der Waals surface area contributed by atoms with Gasteiger partial charge in [-0.25, -0.2) is 0 Å². The molecule has 8 heteroatoms. The molecule has 0 aliphatic rings. The Balaban J connectivity index is 1.88. The predicted octanol–water partition coefficient (Wildman–Crippen LogP) is 4.22. The van der Waals surface area contributed by atoms with Gasteiger partial charge in [-0.15, -0.1) is 0 Å². The number of aromatic nitrogens is 3. The van der Waals surface area contributed by atoms with Crippen LogP contribution < -0.4 is 21.1 Å². The van der Waals surface area contributed by atoms with Crippen molar-refractivity contribution in [3.05, 3.63) is 52.8 Å². The maximum Gasteiger partial charge on any atom is 0.233 e. The minimum atomic E-state index is 0.0664. The van der Waals surface area contributed by atoms with Gasteiger partial charge in [0.15, 0.2) is 0 Å². The molecule has 0 aliphatic carbocycles. The summed E-state index contributed by atoms with van der Waals surface area (Å²) >= 11 is 6.05. The van der Waals surface area contributed by atoms with E-state index in [1.54, 1.807) is 7.11 Å². The smallest absolute Gasteiger partial charge is 0.233 e. The van der Waals surface area contributed by atoms with E-state index < -0.39 is 0 Å². The average Bonchev–Trinajstić information content (AvgIpc) is 2.58. The molecular weight excluding hydrogens is 352 g/mol. The molecule has 0 bridgehead atoms. The highest BCUT2D eigenvalue weighted by Gasteiger charge is 2.09. The number of aryl methyl sites for hydroxylation is 2. The summed E-state index contributed by atoms with van der Waals surface area (Å²) in [5.74, 6) is 1.28. The molecule has 2 aromatic carbocycles. The van der Waals surface area contributed by atoms with Crippen molar-refractivity contribution in [2.45, 2.75) is 13.8 Å². The number of anilines is 5. The van der Waals surface area contributed by atoms with Crippen molar-refractivity contribution < 1.29 is 4.74 Å². The fourth-order valence-corrected chi connectivity index (χ4v) is 2.51. The van der Waals surface area contributed by atoms with E-state index in [0.717, 1.165) is 22.5 Å². The van der Waals surface area contributed by atoms with Crippen molar-refractivity contribution >= 4 is 40.6 Å². The molecule has 0 unspecified atom stereocenters. The number of halogens is 1. The van der Waals surface area contributed by atoms with Gasteiger partial charge in [0.2, 0.25) is 17.2 Å². The van der Waals surface area contributed by atoms with Gasteiger partial charge >= 0.3 is 0 Å². The topological polar surface area (TPSA) is 98.0 Å². The highest BCUT2D eigenvalue weighted by Crippen LogP contribution is 2.28. The van der Waals surface area contributed by atoms with Crippen LogP contribution in [0, 0.1) is 13.8 Å². The second-order valence-corrected chi connectivity index (χ2v) is 6.11. The van der Waals surface area contributed by atoms with Crippen LogP contribution in [0.5, 0.6) is 5.75 Å². The summed E-state index contributed by atoms with van der Waals surface area (Å²) < 4.78 is 5.36. The fourth-order valence-electron chi connectivity index (χ4n) is 2.35.